The fourth-order valence-corrected chi connectivity index (χ4v) is 2.99. The van der Waals surface area contributed by atoms with Crippen molar-refractivity contribution in [1.82, 2.24) is 5.32 Å². The molecule has 0 bridgehead atoms. The Labute approximate surface area is 122 Å². The molecule has 0 aliphatic carbocycles. The summed E-state index contributed by atoms with van der Waals surface area (Å²) in [4.78, 5) is 0.404. The Bertz CT molecular complexity index is 468. The zero-order chi connectivity index (χ0) is 14.8. The molecule has 0 radical (unpaired) electrons. The Balaban J connectivity index is 2.22. The van der Waals surface area contributed by atoms with Crippen LogP contribution in [0.25, 0.3) is 0 Å². The van der Waals surface area contributed by atoms with Gasteiger partial charge < -0.3 is 10.1 Å². The maximum absolute atomic E-state index is 12.1. The first-order valence-corrected chi connectivity index (χ1v) is 8.79. The number of hydrogen-bond donors (Lipinski definition) is 1. The highest BCUT2D eigenvalue weighted by Crippen LogP contribution is 2.11. The number of nitrogens with one attached hydrogen (secondary N) is 1. The Morgan fingerprint density at radius 3 is 2.45 bits per heavy atom. The minimum Gasteiger partial charge on any atom is -0.382 e. The minimum absolute atomic E-state index is 0.140. The third kappa shape index (κ3) is 6.50. The fourth-order valence-electron chi connectivity index (χ4n) is 1.79. The van der Waals surface area contributed by atoms with E-state index in [2.05, 4.69) is 5.32 Å². The van der Waals surface area contributed by atoms with Crippen LogP contribution in [0.5, 0.6) is 0 Å². The summed E-state index contributed by atoms with van der Waals surface area (Å²) < 4.78 is 29.4. The summed E-state index contributed by atoms with van der Waals surface area (Å²) in [7, 11) is -3.17. The zero-order valence-electron chi connectivity index (χ0n) is 12.4. The Morgan fingerprint density at radius 2 is 1.80 bits per heavy atom. The molecule has 20 heavy (non-hydrogen) atoms. The number of unbranched alkanes of at least 4 members (excludes halogenated alkanes) is 1. The Kier molecular flexibility index (Phi) is 7.80. The van der Waals surface area contributed by atoms with Gasteiger partial charge in [-0.1, -0.05) is 17.7 Å². The Hall–Kier alpha value is -0.910. The van der Waals surface area contributed by atoms with Gasteiger partial charge in [-0.2, -0.15) is 0 Å². The van der Waals surface area contributed by atoms with E-state index in [1.54, 1.807) is 12.1 Å². The summed E-state index contributed by atoms with van der Waals surface area (Å²) in [5, 5.41) is 3.16. The van der Waals surface area contributed by atoms with Crippen molar-refractivity contribution in [1.29, 1.82) is 0 Å². The molecule has 1 aromatic rings. The maximum Gasteiger partial charge on any atom is 0.179 e. The molecule has 4 nitrogen and oxygen atoms in total. The second-order valence-electron chi connectivity index (χ2n) is 4.79. The fraction of sp³-hybridized carbons (Fsp3) is 0.600. The molecule has 0 fully saturated rings. The summed E-state index contributed by atoms with van der Waals surface area (Å²) in [5.74, 6) is 0.140. The van der Waals surface area contributed by atoms with E-state index in [0.717, 1.165) is 38.2 Å². The largest absolute Gasteiger partial charge is 0.382 e. The summed E-state index contributed by atoms with van der Waals surface area (Å²) in [6.07, 6.45) is 2.01. The van der Waals surface area contributed by atoms with Gasteiger partial charge in [0.2, 0.25) is 0 Å². The molecule has 5 heteroatoms. The van der Waals surface area contributed by atoms with E-state index >= 15 is 0 Å². The van der Waals surface area contributed by atoms with Gasteiger partial charge in [-0.15, -0.1) is 0 Å². The summed E-state index contributed by atoms with van der Waals surface area (Å²) in [5.41, 5.74) is 1.07. The van der Waals surface area contributed by atoms with E-state index in [1.807, 2.05) is 26.0 Å². The lowest BCUT2D eigenvalue weighted by Crippen LogP contribution is -2.24. The topological polar surface area (TPSA) is 55.4 Å². The molecule has 1 aromatic carbocycles. The van der Waals surface area contributed by atoms with Gasteiger partial charge in [-0.3, -0.25) is 0 Å². The first-order valence-electron chi connectivity index (χ1n) is 7.14. The third-order valence-electron chi connectivity index (χ3n) is 3.02. The smallest absolute Gasteiger partial charge is 0.179 e. The van der Waals surface area contributed by atoms with E-state index < -0.39 is 9.84 Å². The van der Waals surface area contributed by atoms with Crippen LogP contribution in [0, 0.1) is 6.92 Å². The van der Waals surface area contributed by atoms with Gasteiger partial charge in [0, 0.05) is 19.8 Å². The highest BCUT2D eigenvalue weighted by Gasteiger charge is 2.13. The number of aryl methyl sites for hydroxylation is 1. The molecule has 0 aromatic heterocycles. The van der Waals surface area contributed by atoms with Gasteiger partial charge >= 0.3 is 0 Å². The van der Waals surface area contributed by atoms with E-state index in [0.29, 0.717) is 11.4 Å². The summed E-state index contributed by atoms with van der Waals surface area (Å²) in [6, 6.07) is 7.00. The van der Waals surface area contributed by atoms with Crippen molar-refractivity contribution < 1.29 is 13.2 Å². The van der Waals surface area contributed by atoms with Crippen LogP contribution in [0.4, 0.5) is 0 Å². The van der Waals surface area contributed by atoms with Crippen molar-refractivity contribution in [3.05, 3.63) is 29.8 Å². The predicted molar refractivity (Wildman–Crippen MR) is 81.8 cm³/mol. The number of rotatable bonds is 10. The lowest BCUT2D eigenvalue weighted by Gasteiger charge is -2.07. The molecule has 0 amide bonds. The number of sulfone groups is 1. The van der Waals surface area contributed by atoms with Crippen molar-refractivity contribution >= 4 is 9.84 Å². The van der Waals surface area contributed by atoms with Crippen LogP contribution in [-0.4, -0.2) is 40.5 Å². The molecule has 0 aliphatic heterocycles. The molecule has 0 atom stereocenters. The highest BCUT2D eigenvalue weighted by atomic mass is 32.2. The summed E-state index contributed by atoms with van der Waals surface area (Å²) in [6.45, 7) is 6.78. The van der Waals surface area contributed by atoms with E-state index in [1.165, 1.54) is 0 Å². The van der Waals surface area contributed by atoms with E-state index in [-0.39, 0.29) is 5.75 Å². The van der Waals surface area contributed by atoms with Crippen LogP contribution in [0.1, 0.15) is 25.3 Å². The number of hydrogen-bond acceptors (Lipinski definition) is 4. The van der Waals surface area contributed by atoms with Crippen LogP contribution in [-0.2, 0) is 14.6 Å². The first kappa shape index (κ1) is 17.1. The Morgan fingerprint density at radius 1 is 1.10 bits per heavy atom. The van der Waals surface area contributed by atoms with Gasteiger partial charge in [0.25, 0.3) is 0 Å². The van der Waals surface area contributed by atoms with Crippen LogP contribution in [0.3, 0.4) is 0 Å². The second-order valence-corrected chi connectivity index (χ2v) is 6.90. The molecule has 0 saturated carbocycles. The SMILES string of the molecule is CCOCCCCNCCS(=O)(=O)c1ccc(C)cc1. The lowest BCUT2D eigenvalue weighted by molar-refractivity contribution is 0.143. The monoisotopic (exact) mass is 299 g/mol. The molecular weight excluding hydrogens is 274 g/mol. The molecule has 0 spiro atoms. The van der Waals surface area contributed by atoms with Crippen molar-refractivity contribution in [2.45, 2.75) is 31.6 Å². The van der Waals surface area contributed by atoms with Crippen LogP contribution in [0.15, 0.2) is 29.2 Å². The van der Waals surface area contributed by atoms with Gasteiger partial charge in [-0.05, 0) is 45.4 Å². The average Bonchev–Trinajstić information content (AvgIpc) is 2.42. The predicted octanol–water partition coefficient (Wildman–Crippen LogP) is 2.18. The van der Waals surface area contributed by atoms with E-state index in [9.17, 15) is 8.42 Å². The first-order chi connectivity index (χ1) is 9.56. The van der Waals surface area contributed by atoms with Crippen molar-refractivity contribution in [3.63, 3.8) is 0 Å². The molecule has 0 unspecified atom stereocenters. The summed E-state index contributed by atoms with van der Waals surface area (Å²) >= 11 is 0. The molecule has 0 heterocycles. The normalized spacial score (nSPS) is 11.7. The van der Waals surface area contributed by atoms with Crippen molar-refractivity contribution in [3.8, 4) is 0 Å². The average molecular weight is 299 g/mol. The molecule has 114 valence electrons. The maximum atomic E-state index is 12.1. The van der Waals surface area contributed by atoms with Gasteiger partial charge in [0.05, 0.1) is 10.6 Å². The van der Waals surface area contributed by atoms with Crippen LogP contribution < -0.4 is 5.32 Å². The van der Waals surface area contributed by atoms with Crippen LogP contribution in [0.2, 0.25) is 0 Å². The molecule has 0 aliphatic rings. The van der Waals surface area contributed by atoms with Gasteiger partial charge in [0.15, 0.2) is 9.84 Å². The number of ether oxygens (including phenoxy) is 1. The highest BCUT2D eigenvalue weighted by molar-refractivity contribution is 7.91. The third-order valence-corrected chi connectivity index (χ3v) is 4.76. The van der Waals surface area contributed by atoms with Gasteiger partial charge in [-0.25, -0.2) is 8.42 Å². The lowest BCUT2D eigenvalue weighted by atomic mass is 10.2. The zero-order valence-corrected chi connectivity index (χ0v) is 13.2. The van der Waals surface area contributed by atoms with E-state index in [4.69, 9.17) is 4.74 Å². The van der Waals surface area contributed by atoms with Crippen LogP contribution >= 0.6 is 0 Å². The minimum atomic E-state index is -3.17. The molecular formula is C15H25NO3S. The second kappa shape index (κ2) is 9.10. The standard InChI is InChI=1S/C15H25NO3S/c1-3-19-12-5-4-10-16-11-13-20(17,18)15-8-6-14(2)7-9-15/h6-9,16H,3-5,10-13H2,1-2H3. The molecule has 1 rings (SSSR count). The van der Waals surface area contributed by atoms with Crippen molar-refractivity contribution in [2.75, 3.05) is 32.1 Å². The number of benzene rings is 1. The molecule has 1 N–H and O–H groups in total. The molecule has 0 saturated heterocycles. The van der Waals surface area contributed by atoms with Crippen molar-refractivity contribution in [2.24, 2.45) is 0 Å². The quantitative estimate of drug-likeness (QED) is 0.673. The van der Waals surface area contributed by atoms with Gasteiger partial charge in [0.1, 0.15) is 0 Å².